The minimum absolute atomic E-state index is 0.454. The minimum Gasteiger partial charge on any atom is -0.468 e. The van der Waals surface area contributed by atoms with Crippen molar-refractivity contribution in [2.75, 3.05) is 40.0 Å². The smallest absolute Gasteiger partial charge is 0.294 e. The zero-order chi connectivity index (χ0) is 13.8. The topological polar surface area (TPSA) is 46.1 Å². The molecular formula is C12H25N3O2S. The number of rotatable bonds is 7. The van der Waals surface area contributed by atoms with Crippen LogP contribution in [0.2, 0.25) is 0 Å². The molecule has 0 saturated heterocycles. The van der Waals surface area contributed by atoms with Crippen molar-refractivity contribution in [3.8, 4) is 0 Å². The van der Waals surface area contributed by atoms with Crippen LogP contribution in [0.3, 0.4) is 0 Å². The van der Waals surface area contributed by atoms with Crippen molar-refractivity contribution in [1.29, 1.82) is 0 Å². The van der Waals surface area contributed by atoms with Crippen molar-refractivity contribution >= 4 is 23.4 Å². The SMILES string of the molecule is CCOCCCNC(=S)/N=C(\OC)N(CC)CC. The number of methoxy groups -OCH3 is 1. The van der Waals surface area contributed by atoms with E-state index in [2.05, 4.69) is 24.2 Å². The fraction of sp³-hybridized carbons (Fsp3) is 0.833. The van der Waals surface area contributed by atoms with Crippen LogP contribution in [0.4, 0.5) is 0 Å². The summed E-state index contributed by atoms with van der Waals surface area (Å²) in [5.41, 5.74) is 0. The summed E-state index contributed by atoms with van der Waals surface area (Å²) in [6.07, 6.45) is 0.914. The molecule has 18 heavy (non-hydrogen) atoms. The van der Waals surface area contributed by atoms with Crippen LogP contribution in [0.5, 0.6) is 0 Å². The fourth-order valence-corrected chi connectivity index (χ4v) is 1.56. The monoisotopic (exact) mass is 275 g/mol. The van der Waals surface area contributed by atoms with Crippen molar-refractivity contribution < 1.29 is 9.47 Å². The molecule has 5 nitrogen and oxygen atoms in total. The van der Waals surface area contributed by atoms with Crippen LogP contribution in [0, 0.1) is 0 Å². The Morgan fingerprint density at radius 3 is 2.44 bits per heavy atom. The highest BCUT2D eigenvalue weighted by Gasteiger charge is 2.08. The Kier molecular flexibility index (Phi) is 10.7. The van der Waals surface area contributed by atoms with Gasteiger partial charge >= 0.3 is 0 Å². The first-order valence-corrected chi connectivity index (χ1v) is 6.83. The number of nitrogens with zero attached hydrogens (tertiary/aromatic N) is 2. The molecule has 106 valence electrons. The zero-order valence-corrected chi connectivity index (χ0v) is 12.7. The Labute approximate surface area is 116 Å². The molecule has 0 aliphatic carbocycles. The number of hydrogen-bond donors (Lipinski definition) is 1. The third-order valence-electron chi connectivity index (χ3n) is 2.36. The van der Waals surface area contributed by atoms with Gasteiger partial charge in [-0.2, -0.15) is 4.99 Å². The van der Waals surface area contributed by atoms with Crippen molar-refractivity contribution in [3.05, 3.63) is 0 Å². The van der Waals surface area contributed by atoms with Crippen LogP contribution in [0.25, 0.3) is 0 Å². The molecule has 0 unspecified atom stereocenters. The molecule has 0 amide bonds. The highest BCUT2D eigenvalue weighted by atomic mass is 32.1. The van der Waals surface area contributed by atoms with Gasteiger partial charge in [-0.05, 0) is 39.4 Å². The predicted octanol–water partition coefficient (Wildman–Crippen LogP) is 1.63. The van der Waals surface area contributed by atoms with Crippen molar-refractivity contribution in [3.63, 3.8) is 0 Å². The highest BCUT2D eigenvalue weighted by molar-refractivity contribution is 7.80. The van der Waals surface area contributed by atoms with Gasteiger partial charge in [0.1, 0.15) is 0 Å². The standard InChI is InChI=1S/C12H25N3O2S/c1-5-15(6-2)12(16-4)14-11(18)13-9-8-10-17-7-3/h5-10H2,1-4H3,(H,13,18)/b14-12-. The first kappa shape index (κ1) is 17.1. The van der Waals surface area contributed by atoms with Gasteiger partial charge in [0.05, 0.1) is 7.11 Å². The van der Waals surface area contributed by atoms with Crippen molar-refractivity contribution in [2.24, 2.45) is 4.99 Å². The number of aliphatic imine (C=N–C) groups is 1. The predicted molar refractivity (Wildman–Crippen MR) is 79.1 cm³/mol. The van der Waals surface area contributed by atoms with Crippen LogP contribution < -0.4 is 5.32 Å². The lowest BCUT2D eigenvalue weighted by Gasteiger charge is -2.20. The van der Waals surface area contributed by atoms with Crippen LogP contribution in [-0.2, 0) is 9.47 Å². The Morgan fingerprint density at radius 1 is 1.28 bits per heavy atom. The zero-order valence-electron chi connectivity index (χ0n) is 11.9. The molecule has 0 rings (SSSR count). The molecule has 0 fully saturated rings. The van der Waals surface area contributed by atoms with E-state index >= 15 is 0 Å². The lowest BCUT2D eigenvalue weighted by molar-refractivity contribution is 0.146. The van der Waals surface area contributed by atoms with Gasteiger partial charge in [-0.15, -0.1) is 0 Å². The summed E-state index contributed by atoms with van der Waals surface area (Å²) in [5.74, 6) is 0. The average molecular weight is 275 g/mol. The fourth-order valence-electron chi connectivity index (χ4n) is 1.38. The van der Waals surface area contributed by atoms with E-state index < -0.39 is 0 Å². The van der Waals surface area contributed by atoms with Crippen LogP contribution in [0.15, 0.2) is 4.99 Å². The minimum atomic E-state index is 0.454. The average Bonchev–Trinajstić information content (AvgIpc) is 2.38. The van der Waals surface area contributed by atoms with Crippen molar-refractivity contribution in [1.82, 2.24) is 10.2 Å². The number of thiocarbonyl (C=S) groups is 1. The summed E-state index contributed by atoms with van der Waals surface area (Å²) in [5, 5.41) is 3.52. The largest absolute Gasteiger partial charge is 0.468 e. The second-order valence-electron chi connectivity index (χ2n) is 3.55. The Hall–Kier alpha value is -0.880. The van der Waals surface area contributed by atoms with Gasteiger partial charge in [-0.3, -0.25) is 0 Å². The summed E-state index contributed by atoms with van der Waals surface area (Å²) >= 11 is 5.14. The first-order chi connectivity index (χ1) is 8.69. The van der Waals surface area contributed by atoms with Gasteiger partial charge in [-0.25, -0.2) is 0 Å². The molecule has 0 spiro atoms. The maximum absolute atomic E-state index is 5.24. The number of nitrogens with one attached hydrogen (secondary N) is 1. The molecule has 6 heteroatoms. The van der Waals surface area contributed by atoms with E-state index in [1.807, 2.05) is 11.8 Å². The Morgan fingerprint density at radius 2 is 1.94 bits per heavy atom. The molecule has 0 aliphatic rings. The molecule has 0 aromatic rings. The normalized spacial score (nSPS) is 11.2. The van der Waals surface area contributed by atoms with Gasteiger partial charge in [0.2, 0.25) is 0 Å². The second kappa shape index (κ2) is 11.2. The molecule has 0 aromatic carbocycles. The lowest BCUT2D eigenvalue weighted by atomic mass is 10.4. The maximum Gasteiger partial charge on any atom is 0.294 e. The first-order valence-electron chi connectivity index (χ1n) is 6.42. The van der Waals surface area contributed by atoms with Gasteiger partial charge in [-0.1, -0.05) is 0 Å². The van der Waals surface area contributed by atoms with Gasteiger partial charge < -0.3 is 19.7 Å². The molecule has 0 atom stereocenters. The van der Waals surface area contributed by atoms with E-state index in [9.17, 15) is 0 Å². The summed E-state index contributed by atoms with van der Waals surface area (Å²) < 4.78 is 10.5. The molecule has 1 N–H and O–H groups in total. The Bertz CT molecular complexity index is 256. The van der Waals surface area contributed by atoms with E-state index in [0.29, 0.717) is 11.1 Å². The number of hydrogen-bond acceptors (Lipinski definition) is 3. The van der Waals surface area contributed by atoms with E-state index in [4.69, 9.17) is 21.7 Å². The molecule has 0 saturated carbocycles. The number of ether oxygens (including phenoxy) is 2. The van der Waals surface area contributed by atoms with Gasteiger partial charge in [0, 0.05) is 32.8 Å². The van der Waals surface area contributed by atoms with Gasteiger partial charge in [0.15, 0.2) is 5.11 Å². The van der Waals surface area contributed by atoms with E-state index in [0.717, 1.165) is 39.3 Å². The lowest BCUT2D eigenvalue weighted by Crippen LogP contribution is -2.34. The third kappa shape index (κ3) is 7.45. The van der Waals surface area contributed by atoms with Gasteiger partial charge in [0.25, 0.3) is 6.02 Å². The van der Waals surface area contributed by atoms with Crippen LogP contribution >= 0.6 is 12.2 Å². The number of amidine groups is 1. The summed E-state index contributed by atoms with van der Waals surface area (Å²) in [4.78, 5) is 6.26. The maximum atomic E-state index is 5.24. The molecular weight excluding hydrogens is 250 g/mol. The summed E-state index contributed by atoms with van der Waals surface area (Å²) in [7, 11) is 1.61. The molecule has 0 heterocycles. The van der Waals surface area contributed by atoms with Crippen LogP contribution in [0.1, 0.15) is 27.2 Å². The molecule has 0 bridgehead atoms. The van der Waals surface area contributed by atoms with Crippen molar-refractivity contribution in [2.45, 2.75) is 27.2 Å². The van der Waals surface area contributed by atoms with E-state index in [1.165, 1.54) is 0 Å². The molecule has 0 aromatic heterocycles. The quantitative estimate of drug-likeness (QED) is 0.331. The highest BCUT2D eigenvalue weighted by Crippen LogP contribution is 1.94. The molecule has 0 aliphatic heterocycles. The second-order valence-corrected chi connectivity index (χ2v) is 3.94. The summed E-state index contributed by atoms with van der Waals surface area (Å²) in [6, 6.07) is 0.558. The summed E-state index contributed by atoms with van der Waals surface area (Å²) in [6.45, 7) is 10.0. The van der Waals surface area contributed by atoms with Crippen LogP contribution in [-0.4, -0.2) is 56.0 Å². The Balaban J connectivity index is 4.07. The molecule has 0 radical (unpaired) electrons. The van der Waals surface area contributed by atoms with E-state index in [-0.39, 0.29) is 0 Å². The third-order valence-corrected chi connectivity index (χ3v) is 2.60. The van der Waals surface area contributed by atoms with E-state index in [1.54, 1.807) is 7.11 Å².